The molecule has 1 heterocycles. The summed E-state index contributed by atoms with van der Waals surface area (Å²) >= 11 is 0. The number of aryl methyl sites for hydroxylation is 1. The number of allylic oxidation sites excluding steroid dienone is 1. The SMILES string of the molecule is CCOC(=O)/C=C(\C)NC(=O)Cn1cc(C)cn1. The molecule has 6 heteroatoms. The minimum Gasteiger partial charge on any atom is -0.463 e. The van der Waals surface area contributed by atoms with Crippen LogP contribution in [0.1, 0.15) is 19.4 Å². The van der Waals surface area contributed by atoms with E-state index in [0.717, 1.165) is 5.56 Å². The Morgan fingerprint density at radius 3 is 2.83 bits per heavy atom. The van der Waals surface area contributed by atoms with Crippen LogP contribution in [0.2, 0.25) is 0 Å². The van der Waals surface area contributed by atoms with Crippen LogP contribution in [0.25, 0.3) is 0 Å². The molecule has 0 fully saturated rings. The summed E-state index contributed by atoms with van der Waals surface area (Å²) in [7, 11) is 0. The Kier molecular flexibility index (Phi) is 5.10. The lowest BCUT2D eigenvalue weighted by molar-refractivity contribution is -0.137. The van der Waals surface area contributed by atoms with Crippen LogP contribution in [0.5, 0.6) is 0 Å². The Balaban J connectivity index is 2.47. The molecule has 6 nitrogen and oxygen atoms in total. The van der Waals surface area contributed by atoms with E-state index in [4.69, 9.17) is 4.74 Å². The van der Waals surface area contributed by atoms with Crippen molar-refractivity contribution >= 4 is 11.9 Å². The monoisotopic (exact) mass is 251 g/mol. The first-order chi connectivity index (χ1) is 8.51. The number of ether oxygens (including phenoxy) is 1. The highest BCUT2D eigenvalue weighted by Gasteiger charge is 2.05. The van der Waals surface area contributed by atoms with Gasteiger partial charge in [0, 0.05) is 18.0 Å². The predicted molar refractivity (Wildman–Crippen MR) is 65.5 cm³/mol. The molecular weight excluding hydrogens is 234 g/mol. The largest absolute Gasteiger partial charge is 0.463 e. The van der Waals surface area contributed by atoms with Gasteiger partial charge in [-0.15, -0.1) is 0 Å². The van der Waals surface area contributed by atoms with Gasteiger partial charge >= 0.3 is 5.97 Å². The van der Waals surface area contributed by atoms with Crippen molar-refractivity contribution in [2.24, 2.45) is 0 Å². The quantitative estimate of drug-likeness (QED) is 0.620. The average molecular weight is 251 g/mol. The van der Waals surface area contributed by atoms with Gasteiger partial charge in [0.1, 0.15) is 6.54 Å². The Morgan fingerprint density at radius 1 is 1.56 bits per heavy atom. The molecule has 0 aromatic carbocycles. The van der Waals surface area contributed by atoms with Gasteiger partial charge in [-0.2, -0.15) is 5.10 Å². The smallest absolute Gasteiger partial charge is 0.332 e. The zero-order valence-electron chi connectivity index (χ0n) is 10.8. The van der Waals surface area contributed by atoms with Gasteiger partial charge in [-0.3, -0.25) is 9.48 Å². The maximum atomic E-state index is 11.6. The molecule has 98 valence electrons. The van der Waals surface area contributed by atoms with Gasteiger partial charge in [0.2, 0.25) is 5.91 Å². The van der Waals surface area contributed by atoms with Crippen molar-refractivity contribution in [1.82, 2.24) is 15.1 Å². The molecule has 0 spiro atoms. The van der Waals surface area contributed by atoms with Crippen LogP contribution < -0.4 is 5.32 Å². The highest BCUT2D eigenvalue weighted by atomic mass is 16.5. The summed E-state index contributed by atoms with van der Waals surface area (Å²) in [6.45, 7) is 5.67. The van der Waals surface area contributed by atoms with E-state index in [1.165, 1.54) is 10.8 Å². The molecule has 0 aliphatic rings. The van der Waals surface area contributed by atoms with Gasteiger partial charge in [0.15, 0.2) is 0 Å². The average Bonchev–Trinajstić information content (AvgIpc) is 2.63. The molecule has 0 saturated heterocycles. The first kappa shape index (κ1) is 14.0. The fourth-order valence-electron chi connectivity index (χ4n) is 1.36. The number of nitrogens with zero attached hydrogens (tertiary/aromatic N) is 2. The van der Waals surface area contributed by atoms with Crippen molar-refractivity contribution in [2.75, 3.05) is 6.61 Å². The van der Waals surface area contributed by atoms with Gasteiger partial charge < -0.3 is 10.1 Å². The second kappa shape index (κ2) is 6.58. The van der Waals surface area contributed by atoms with Crippen LogP contribution in [-0.2, 0) is 20.9 Å². The van der Waals surface area contributed by atoms with Crippen LogP contribution in [0.15, 0.2) is 24.2 Å². The Labute approximate surface area is 106 Å². The lowest BCUT2D eigenvalue weighted by atomic mass is 10.4. The van der Waals surface area contributed by atoms with Crippen molar-refractivity contribution in [1.29, 1.82) is 0 Å². The molecule has 1 aromatic rings. The van der Waals surface area contributed by atoms with E-state index < -0.39 is 5.97 Å². The minimum absolute atomic E-state index is 0.113. The van der Waals surface area contributed by atoms with Gasteiger partial charge in [-0.25, -0.2) is 4.79 Å². The van der Waals surface area contributed by atoms with Crippen LogP contribution >= 0.6 is 0 Å². The second-order valence-electron chi connectivity index (χ2n) is 3.84. The second-order valence-corrected chi connectivity index (χ2v) is 3.84. The molecule has 0 aliphatic heterocycles. The number of carbonyl (C=O) groups is 2. The standard InChI is InChI=1S/C12H17N3O3/c1-4-18-12(17)5-10(3)14-11(16)8-15-7-9(2)6-13-15/h5-7H,4,8H2,1-3H3,(H,14,16)/b10-5+. The van der Waals surface area contributed by atoms with Crippen molar-refractivity contribution < 1.29 is 14.3 Å². The summed E-state index contributed by atoms with van der Waals surface area (Å²) in [6.07, 6.45) is 4.69. The summed E-state index contributed by atoms with van der Waals surface area (Å²) in [4.78, 5) is 22.7. The van der Waals surface area contributed by atoms with E-state index in [9.17, 15) is 9.59 Å². The molecule has 0 unspecified atom stereocenters. The summed E-state index contributed by atoms with van der Waals surface area (Å²) < 4.78 is 6.26. The van der Waals surface area contributed by atoms with Crippen molar-refractivity contribution in [3.63, 3.8) is 0 Å². The summed E-state index contributed by atoms with van der Waals surface area (Å²) in [5, 5.41) is 6.59. The molecule has 0 radical (unpaired) electrons. The van der Waals surface area contributed by atoms with Gasteiger partial charge in [0.05, 0.1) is 12.8 Å². The number of aromatic nitrogens is 2. The van der Waals surface area contributed by atoms with Gasteiger partial charge in [0.25, 0.3) is 0 Å². The normalized spacial score (nSPS) is 11.2. The molecular formula is C12H17N3O3. The number of carbonyl (C=O) groups excluding carboxylic acids is 2. The molecule has 0 atom stereocenters. The third kappa shape index (κ3) is 4.82. The van der Waals surface area contributed by atoms with Crippen molar-refractivity contribution in [3.05, 3.63) is 29.7 Å². The summed E-state index contributed by atoms with van der Waals surface area (Å²) in [5.74, 6) is -0.707. The van der Waals surface area contributed by atoms with E-state index in [2.05, 4.69) is 10.4 Å². The van der Waals surface area contributed by atoms with Crippen LogP contribution in [0.3, 0.4) is 0 Å². The maximum absolute atomic E-state index is 11.6. The molecule has 0 aliphatic carbocycles. The molecule has 0 bridgehead atoms. The molecule has 0 saturated carbocycles. The van der Waals surface area contributed by atoms with Crippen molar-refractivity contribution in [3.8, 4) is 0 Å². The Bertz CT molecular complexity index is 463. The number of hydrogen-bond acceptors (Lipinski definition) is 4. The number of esters is 1. The number of rotatable bonds is 5. The zero-order chi connectivity index (χ0) is 13.5. The highest BCUT2D eigenvalue weighted by Crippen LogP contribution is 1.95. The number of amides is 1. The maximum Gasteiger partial charge on any atom is 0.332 e. The van der Waals surface area contributed by atoms with Crippen LogP contribution in [0.4, 0.5) is 0 Å². The fourth-order valence-corrected chi connectivity index (χ4v) is 1.36. The zero-order valence-corrected chi connectivity index (χ0v) is 10.8. The predicted octanol–water partition coefficient (Wildman–Crippen LogP) is 0.775. The molecule has 1 rings (SSSR count). The van der Waals surface area contributed by atoms with Crippen LogP contribution in [-0.4, -0.2) is 28.3 Å². The molecule has 1 amide bonds. The Hall–Kier alpha value is -2.11. The van der Waals surface area contributed by atoms with Gasteiger partial charge in [-0.1, -0.05) is 0 Å². The number of hydrogen-bond donors (Lipinski definition) is 1. The first-order valence-corrected chi connectivity index (χ1v) is 5.65. The van der Waals surface area contributed by atoms with E-state index in [0.29, 0.717) is 12.3 Å². The Morgan fingerprint density at radius 2 is 2.28 bits per heavy atom. The third-order valence-electron chi connectivity index (χ3n) is 2.03. The summed E-state index contributed by atoms with van der Waals surface area (Å²) in [5.41, 5.74) is 1.43. The van der Waals surface area contributed by atoms with E-state index in [-0.39, 0.29) is 12.5 Å². The molecule has 18 heavy (non-hydrogen) atoms. The lowest BCUT2D eigenvalue weighted by Crippen LogP contribution is -2.26. The van der Waals surface area contributed by atoms with E-state index in [1.807, 2.05) is 6.92 Å². The van der Waals surface area contributed by atoms with E-state index in [1.54, 1.807) is 26.2 Å². The molecule has 1 N–H and O–H groups in total. The summed E-state index contributed by atoms with van der Waals surface area (Å²) in [6, 6.07) is 0. The van der Waals surface area contributed by atoms with Crippen molar-refractivity contribution in [2.45, 2.75) is 27.3 Å². The highest BCUT2D eigenvalue weighted by molar-refractivity contribution is 5.84. The molecule has 1 aromatic heterocycles. The number of nitrogens with one attached hydrogen (secondary N) is 1. The van der Waals surface area contributed by atoms with Gasteiger partial charge in [-0.05, 0) is 26.3 Å². The van der Waals surface area contributed by atoms with Crippen LogP contribution in [0, 0.1) is 6.92 Å². The fraction of sp³-hybridized carbons (Fsp3) is 0.417. The first-order valence-electron chi connectivity index (χ1n) is 5.65. The van der Waals surface area contributed by atoms with E-state index >= 15 is 0 Å². The topological polar surface area (TPSA) is 73.2 Å². The third-order valence-corrected chi connectivity index (χ3v) is 2.03. The minimum atomic E-state index is -0.467. The lowest BCUT2D eigenvalue weighted by Gasteiger charge is -2.05.